The van der Waals surface area contributed by atoms with Gasteiger partial charge in [-0.3, -0.25) is 0 Å². The second kappa shape index (κ2) is 6.68. The zero-order valence-corrected chi connectivity index (χ0v) is 13.3. The molecule has 1 aromatic rings. The van der Waals surface area contributed by atoms with Crippen molar-refractivity contribution in [2.24, 2.45) is 0 Å². The summed E-state index contributed by atoms with van der Waals surface area (Å²) < 4.78 is 27.8. The summed E-state index contributed by atoms with van der Waals surface area (Å²) in [5.74, 6) is 0. The molecule has 0 heterocycles. The number of halogens is 2. The van der Waals surface area contributed by atoms with Gasteiger partial charge in [0.15, 0.2) is 0 Å². The fourth-order valence-electron chi connectivity index (χ4n) is 1.21. The molecule has 6 heteroatoms. The minimum absolute atomic E-state index is 0.251. The molecule has 0 saturated heterocycles. The Bertz CT molecular complexity index is 512. The molecule has 0 aliphatic heterocycles. The van der Waals surface area contributed by atoms with E-state index in [0.29, 0.717) is 17.4 Å². The zero-order valence-electron chi connectivity index (χ0n) is 9.28. The van der Waals surface area contributed by atoms with E-state index in [0.717, 1.165) is 4.47 Å². The Labute approximate surface area is 119 Å². The van der Waals surface area contributed by atoms with Gasteiger partial charge in [0.05, 0.1) is 4.90 Å². The highest BCUT2D eigenvalue weighted by molar-refractivity contribution is 9.11. The second-order valence-electron chi connectivity index (χ2n) is 3.33. The standard InChI is InChI=1S/C11H13Br2NO2S/c1-2-3-4-7-14-17(15,16)11-6-5-9(12)8-10(11)13/h2-3,5-6,8,14H,4,7H2,1H3/b3-2+. The molecule has 0 spiro atoms. The van der Waals surface area contributed by atoms with Gasteiger partial charge in [-0.1, -0.05) is 28.1 Å². The fourth-order valence-corrected chi connectivity index (χ4v) is 4.01. The molecule has 1 aromatic carbocycles. The third-order valence-electron chi connectivity index (χ3n) is 2.02. The van der Waals surface area contributed by atoms with Gasteiger partial charge in [0.2, 0.25) is 10.0 Å². The lowest BCUT2D eigenvalue weighted by atomic mass is 10.4. The fraction of sp³-hybridized carbons (Fsp3) is 0.273. The highest BCUT2D eigenvalue weighted by Crippen LogP contribution is 2.25. The molecule has 0 saturated carbocycles. The number of benzene rings is 1. The van der Waals surface area contributed by atoms with Gasteiger partial charge in [-0.15, -0.1) is 0 Å². The van der Waals surface area contributed by atoms with Crippen molar-refractivity contribution in [3.05, 3.63) is 39.3 Å². The monoisotopic (exact) mass is 381 g/mol. The Morgan fingerprint density at radius 3 is 2.65 bits per heavy atom. The van der Waals surface area contributed by atoms with Crippen molar-refractivity contribution in [3.8, 4) is 0 Å². The molecule has 0 aliphatic carbocycles. The van der Waals surface area contributed by atoms with Crippen molar-refractivity contribution in [2.75, 3.05) is 6.54 Å². The first-order chi connectivity index (χ1) is 7.97. The van der Waals surface area contributed by atoms with Crippen LogP contribution >= 0.6 is 31.9 Å². The first kappa shape index (κ1) is 14.9. The van der Waals surface area contributed by atoms with Crippen molar-refractivity contribution < 1.29 is 8.42 Å². The van der Waals surface area contributed by atoms with E-state index in [1.165, 1.54) is 0 Å². The molecular formula is C11H13Br2NO2S. The van der Waals surface area contributed by atoms with Gasteiger partial charge in [-0.2, -0.15) is 0 Å². The van der Waals surface area contributed by atoms with E-state index in [1.54, 1.807) is 18.2 Å². The molecule has 0 fully saturated rings. The zero-order chi connectivity index (χ0) is 12.9. The molecule has 0 unspecified atom stereocenters. The number of allylic oxidation sites excluding steroid dienone is 1. The number of hydrogen-bond donors (Lipinski definition) is 1. The topological polar surface area (TPSA) is 46.2 Å². The maximum atomic E-state index is 11.9. The third-order valence-corrected chi connectivity index (χ3v) is 4.95. The van der Waals surface area contributed by atoms with Crippen LogP contribution in [0, 0.1) is 0 Å². The summed E-state index contributed by atoms with van der Waals surface area (Å²) in [5, 5.41) is 0. The van der Waals surface area contributed by atoms with Crippen molar-refractivity contribution in [1.29, 1.82) is 0 Å². The molecule has 1 N–H and O–H groups in total. The van der Waals surface area contributed by atoms with Crippen molar-refractivity contribution in [2.45, 2.75) is 18.2 Å². The summed E-state index contributed by atoms with van der Waals surface area (Å²) in [6, 6.07) is 4.97. The lowest BCUT2D eigenvalue weighted by Crippen LogP contribution is -2.24. The van der Waals surface area contributed by atoms with E-state index in [1.807, 2.05) is 19.1 Å². The molecule has 0 radical (unpaired) electrons. The molecule has 0 aliphatic rings. The molecule has 17 heavy (non-hydrogen) atoms. The quantitative estimate of drug-likeness (QED) is 0.626. The van der Waals surface area contributed by atoms with Crippen LogP contribution in [0.15, 0.2) is 44.2 Å². The van der Waals surface area contributed by atoms with Gasteiger partial charge in [0, 0.05) is 15.5 Å². The summed E-state index contributed by atoms with van der Waals surface area (Å²) in [6.45, 7) is 2.30. The van der Waals surface area contributed by atoms with E-state index in [9.17, 15) is 8.42 Å². The first-order valence-corrected chi connectivity index (χ1v) is 8.10. The van der Waals surface area contributed by atoms with Gasteiger partial charge < -0.3 is 0 Å². The smallest absolute Gasteiger partial charge is 0.211 e. The lowest BCUT2D eigenvalue weighted by Gasteiger charge is -2.07. The highest BCUT2D eigenvalue weighted by Gasteiger charge is 2.16. The summed E-state index contributed by atoms with van der Waals surface area (Å²) in [5.41, 5.74) is 0. The number of sulfonamides is 1. The Balaban J connectivity index is 2.82. The summed E-state index contributed by atoms with van der Waals surface area (Å²) in [7, 11) is -3.44. The van der Waals surface area contributed by atoms with E-state index >= 15 is 0 Å². The molecule has 0 bridgehead atoms. The molecule has 0 aromatic heterocycles. The lowest BCUT2D eigenvalue weighted by molar-refractivity contribution is 0.581. The van der Waals surface area contributed by atoms with Crippen LogP contribution in [0.2, 0.25) is 0 Å². The SMILES string of the molecule is C/C=C/CCNS(=O)(=O)c1ccc(Br)cc1Br. The average Bonchev–Trinajstić information content (AvgIpc) is 2.24. The highest BCUT2D eigenvalue weighted by atomic mass is 79.9. The predicted octanol–water partition coefficient (Wildman–Crippen LogP) is 3.46. The number of hydrogen-bond acceptors (Lipinski definition) is 2. The van der Waals surface area contributed by atoms with Crippen LogP contribution in [0.1, 0.15) is 13.3 Å². The van der Waals surface area contributed by atoms with Crippen LogP contribution < -0.4 is 4.72 Å². The Kier molecular flexibility index (Phi) is 5.85. The van der Waals surface area contributed by atoms with Crippen molar-refractivity contribution in [3.63, 3.8) is 0 Å². The normalized spacial score (nSPS) is 12.2. The summed E-state index contributed by atoms with van der Waals surface area (Å²) in [6.07, 6.45) is 4.49. The van der Waals surface area contributed by atoms with Crippen LogP contribution in [0.4, 0.5) is 0 Å². The van der Waals surface area contributed by atoms with Crippen LogP contribution in [-0.4, -0.2) is 15.0 Å². The van der Waals surface area contributed by atoms with Gasteiger partial charge >= 0.3 is 0 Å². The van der Waals surface area contributed by atoms with Crippen molar-refractivity contribution >= 4 is 41.9 Å². The second-order valence-corrected chi connectivity index (χ2v) is 6.84. The maximum absolute atomic E-state index is 11.9. The average molecular weight is 383 g/mol. The van der Waals surface area contributed by atoms with Gasteiger partial charge in [0.25, 0.3) is 0 Å². The largest absolute Gasteiger partial charge is 0.241 e. The van der Waals surface area contributed by atoms with Gasteiger partial charge in [0.1, 0.15) is 0 Å². The van der Waals surface area contributed by atoms with Crippen LogP contribution in [0.5, 0.6) is 0 Å². The minimum atomic E-state index is -3.44. The molecule has 0 amide bonds. The van der Waals surface area contributed by atoms with E-state index < -0.39 is 10.0 Å². The Hall–Kier alpha value is -0.170. The predicted molar refractivity (Wildman–Crippen MR) is 76.5 cm³/mol. The number of rotatable bonds is 5. The van der Waals surface area contributed by atoms with Crippen LogP contribution in [0.3, 0.4) is 0 Å². The maximum Gasteiger partial charge on any atom is 0.241 e. The van der Waals surface area contributed by atoms with Crippen LogP contribution in [0.25, 0.3) is 0 Å². The molecular weight excluding hydrogens is 370 g/mol. The molecule has 1 rings (SSSR count). The first-order valence-electron chi connectivity index (χ1n) is 5.03. The summed E-state index contributed by atoms with van der Waals surface area (Å²) in [4.78, 5) is 0.251. The van der Waals surface area contributed by atoms with Gasteiger partial charge in [-0.25, -0.2) is 13.1 Å². The molecule has 3 nitrogen and oxygen atoms in total. The number of nitrogens with one attached hydrogen (secondary N) is 1. The summed E-state index contributed by atoms with van der Waals surface area (Å²) >= 11 is 6.52. The van der Waals surface area contributed by atoms with E-state index in [2.05, 4.69) is 36.6 Å². The Morgan fingerprint density at radius 2 is 2.06 bits per heavy atom. The minimum Gasteiger partial charge on any atom is -0.211 e. The Morgan fingerprint density at radius 1 is 1.35 bits per heavy atom. The van der Waals surface area contributed by atoms with Gasteiger partial charge in [-0.05, 0) is 47.5 Å². The third kappa shape index (κ3) is 4.54. The van der Waals surface area contributed by atoms with E-state index in [-0.39, 0.29) is 4.90 Å². The molecule has 0 atom stereocenters. The van der Waals surface area contributed by atoms with E-state index in [4.69, 9.17) is 0 Å². The van der Waals surface area contributed by atoms with Crippen molar-refractivity contribution in [1.82, 2.24) is 4.72 Å². The van der Waals surface area contributed by atoms with Crippen LogP contribution in [-0.2, 0) is 10.0 Å². The molecule has 94 valence electrons.